The first-order valence-corrected chi connectivity index (χ1v) is 8.56. The lowest BCUT2D eigenvalue weighted by molar-refractivity contribution is 0.418. The number of rotatable bonds is 4. The van der Waals surface area contributed by atoms with E-state index in [0.717, 1.165) is 19.4 Å². The van der Waals surface area contributed by atoms with E-state index in [9.17, 15) is 8.42 Å². The Kier molecular flexibility index (Phi) is 4.25. The minimum atomic E-state index is -3.35. The fourth-order valence-corrected chi connectivity index (χ4v) is 5.64. The molecular weight excluding hydrogens is 324 g/mol. The van der Waals surface area contributed by atoms with Crippen LogP contribution < -0.4 is 5.32 Å². The number of likely N-dealkylation sites (N-methyl/N-ethyl adjacent to an activating group) is 1. The lowest BCUT2D eigenvalue weighted by Gasteiger charge is -2.20. The molecule has 1 unspecified atom stereocenters. The second-order valence-corrected chi connectivity index (χ2v) is 8.15. The first-order chi connectivity index (χ1) is 8.01. The number of sulfonamides is 1. The topological polar surface area (TPSA) is 49.4 Å². The largest absolute Gasteiger partial charge is 0.313 e. The summed E-state index contributed by atoms with van der Waals surface area (Å²) in [5.41, 5.74) is 0. The summed E-state index contributed by atoms with van der Waals surface area (Å²) in [6.07, 6.45) is 2.17. The molecule has 4 nitrogen and oxygen atoms in total. The van der Waals surface area contributed by atoms with E-state index in [1.807, 2.05) is 0 Å². The monoisotopic (exact) mass is 338 g/mol. The van der Waals surface area contributed by atoms with Crippen LogP contribution in [0.25, 0.3) is 0 Å². The number of hydrogen-bond donors (Lipinski definition) is 1. The molecule has 2 rings (SSSR count). The van der Waals surface area contributed by atoms with Crippen LogP contribution in [0, 0.1) is 0 Å². The molecule has 1 aliphatic rings. The molecule has 17 heavy (non-hydrogen) atoms. The van der Waals surface area contributed by atoms with Gasteiger partial charge in [-0.2, -0.15) is 4.31 Å². The van der Waals surface area contributed by atoms with Gasteiger partial charge in [0.2, 0.25) is 0 Å². The van der Waals surface area contributed by atoms with Crippen molar-refractivity contribution in [3.8, 4) is 0 Å². The van der Waals surface area contributed by atoms with Crippen molar-refractivity contribution in [3.63, 3.8) is 0 Å². The van der Waals surface area contributed by atoms with E-state index >= 15 is 0 Å². The van der Waals surface area contributed by atoms with Gasteiger partial charge in [-0.3, -0.25) is 0 Å². The van der Waals surface area contributed by atoms with Gasteiger partial charge in [-0.25, -0.2) is 8.42 Å². The summed E-state index contributed by atoms with van der Waals surface area (Å²) in [7, 11) is -1.71. The van der Waals surface area contributed by atoms with Crippen molar-refractivity contribution in [2.24, 2.45) is 0 Å². The molecule has 0 saturated carbocycles. The molecule has 1 aromatic heterocycles. The van der Waals surface area contributed by atoms with Crippen LogP contribution in [0.1, 0.15) is 12.8 Å². The second kappa shape index (κ2) is 5.36. The summed E-state index contributed by atoms with van der Waals surface area (Å²) in [4.78, 5) is 0. The molecule has 0 radical (unpaired) electrons. The minimum absolute atomic E-state index is 0.286. The Morgan fingerprint density at radius 3 is 2.94 bits per heavy atom. The highest BCUT2D eigenvalue weighted by Gasteiger charge is 2.27. The third kappa shape index (κ3) is 2.90. The molecule has 0 spiro atoms. The number of thiophene rings is 1. The van der Waals surface area contributed by atoms with Gasteiger partial charge in [-0.15, -0.1) is 11.3 Å². The predicted molar refractivity (Wildman–Crippen MR) is 72.9 cm³/mol. The zero-order valence-corrected chi connectivity index (χ0v) is 12.7. The lowest BCUT2D eigenvalue weighted by Crippen LogP contribution is -2.38. The number of halogens is 1. The van der Waals surface area contributed by atoms with Crippen LogP contribution in [0.4, 0.5) is 0 Å². The molecule has 1 aliphatic heterocycles. The maximum Gasteiger partial charge on any atom is 0.253 e. The highest BCUT2D eigenvalue weighted by molar-refractivity contribution is 9.10. The maximum atomic E-state index is 12.3. The first-order valence-electron chi connectivity index (χ1n) is 5.44. The van der Waals surface area contributed by atoms with Crippen molar-refractivity contribution in [2.45, 2.75) is 23.1 Å². The Bertz CT molecular complexity index is 480. The molecule has 0 amide bonds. The van der Waals surface area contributed by atoms with Crippen molar-refractivity contribution >= 4 is 37.3 Å². The van der Waals surface area contributed by atoms with Crippen LogP contribution in [-0.2, 0) is 10.0 Å². The molecule has 96 valence electrons. The third-order valence-electron chi connectivity index (χ3n) is 2.87. The quantitative estimate of drug-likeness (QED) is 0.911. The van der Waals surface area contributed by atoms with Crippen LogP contribution in [0.5, 0.6) is 0 Å². The molecular formula is C10H15BrN2O2S2. The zero-order valence-electron chi connectivity index (χ0n) is 9.52. The van der Waals surface area contributed by atoms with Gasteiger partial charge in [-0.05, 0) is 46.8 Å². The molecule has 1 N–H and O–H groups in total. The normalized spacial score (nSPS) is 21.2. The molecule has 1 saturated heterocycles. The Balaban J connectivity index is 2.12. The summed E-state index contributed by atoms with van der Waals surface area (Å²) in [6.45, 7) is 1.52. The van der Waals surface area contributed by atoms with E-state index in [-0.39, 0.29) is 6.04 Å². The van der Waals surface area contributed by atoms with E-state index in [4.69, 9.17) is 0 Å². The van der Waals surface area contributed by atoms with E-state index < -0.39 is 10.0 Å². The third-order valence-corrected chi connectivity index (χ3v) is 7.34. The van der Waals surface area contributed by atoms with Gasteiger partial charge >= 0.3 is 0 Å². The Labute approximate surface area is 114 Å². The highest BCUT2D eigenvalue weighted by atomic mass is 79.9. The molecule has 0 aromatic carbocycles. The Morgan fingerprint density at radius 1 is 1.65 bits per heavy atom. The first kappa shape index (κ1) is 13.5. The standard InChI is InChI=1S/C10H15BrN2O2S2/c1-13(7-8-3-2-5-12-8)17(14,15)10-9(11)4-6-16-10/h4,6,8,12H,2-3,5,7H2,1H3. The molecule has 1 aromatic rings. The highest BCUT2D eigenvalue weighted by Crippen LogP contribution is 2.29. The number of nitrogens with one attached hydrogen (secondary N) is 1. The van der Waals surface area contributed by atoms with Crippen LogP contribution in [-0.4, -0.2) is 38.9 Å². The van der Waals surface area contributed by atoms with Crippen LogP contribution in [0.3, 0.4) is 0 Å². The van der Waals surface area contributed by atoms with E-state index in [0.29, 0.717) is 15.2 Å². The second-order valence-electron chi connectivity index (χ2n) is 4.13. The average molecular weight is 339 g/mol. The van der Waals surface area contributed by atoms with Crippen molar-refractivity contribution < 1.29 is 8.42 Å². The van der Waals surface area contributed by atoms with E-state index in [1.165, 1.54) is 15.6 Å². The van der Waals surface area contributed by atoms with E-state index in [1.54, 1.807) is 18.5 Å². The summed E-state index contributed by atoms with van der Waals surface area (Å²) < 4.78 is 27.0. The van der Waals surface area contributed by atoms with Gasteiger partial charge in [-0.1, -0.05) is 0 Å². The van der Waals surface area contributed by atoms with Crippen molar-refractivity contribution in [1.82, 2.24) is 9.62 Å². The van der Waals surface area contributed by atoms with Gasteiger partial charge in [0.05, 0.1) is 0 Å². The molecule has 0 aliphatic carbocycles. The van der Waals surface area contributed by atoms with Crippen molar-refractivity contribution in [1.29, 1.82) is 0 Å². The average Bonchev–Trinajstić information content (AvgIpc) is 2.89. The van der Waals surface area contributed by atoms with Gasteiger partial charge in [0.1, 0.15) is 4.21 Å². The Morgan fingerprint density at radius 2 is 2.41 bits per heavy atom. The van der Waals surface area contributed by atoms with Crippen LogP contribution in [0.15, 0.2) is 20.1 Å². The van der Waals surface area contributed by atoms with Crippen molar-refractivity contribution in [2.75, 3.05) is 20.1 Å². The minimum Gasteiger partial charge on any atom is -0.313 e. The fraction of sp³-hybridized carbons (Fsp3) is 0.600. The van der Waals surface area contributed by atoms with Crippen LogP contribution >= 0.6 is 27.3 Å². The zero-order chi connectivity index (χ0) is 12.5. The summed E-state index contributed by atoms with van der Waals surface area (Å²) in [5.74, 6) is 0. The Hall–Kier alpha value is 0.0500. The van der Waals surface area contributed by atoms with Gasteiger partial charge in [0.25, 0.3) is 10.0 Å². The SMILES string of the molecule is CN(CC1CCCN1)S(=O)(=O)c1sccc1Br. The molecule has 2 heterocycles. The van der Waals surface area contributed by atoms with E-state index in [2.05, 4.69) is 21.2 Å². The van der Waals surface area contributed by atoms with Gasteiger partial charge < -0.3 is 5.32 Å². The van der Waals surface area contributed by atoms with Gasteiger partial charge in [0, 0.05) is 24.1 Å². The van der Waals surface area contributed by atoms with Crippen LogP contribution in [0.2, 0.25) is 0 Å². The molecule has 1 fully saturated rings. The van der Waals surface area contributed by atoms with Gasteiger partial charge in [0.15, 0.2) is 0 Å². The molecule has 1 atom stereocenters. The summed E-state index contributed by atoms with van der Waals surface area (Å²) in [6, 6.07) is 2.05. The maximum absolute atomic E-state index is 12.3. The predicted octanol–water partition coefficient (Wildman–Crippen LogP) is 1.88. The molecule has 7 heteroatoms. The molecule has 0 bridgehead atoms. The van der Waals surface area contributed by atoms with Crippen molar-refractivity contribution in [3.05, 3.63) is 15.9 Å². The fourth-order valence-electron chi connectivity index (χ4n) is 1.93. The number of nitrogens with zero attached hydrogens (tertiary/aromatic N) is 1. The lowest BCUT2D eigenvalue weighted by atomic mass is 10.2. The smallest absolute Gasteiger partial charge is 0.253 e. The number of hydrogen-bond acceptors (Lipinski definition) is 4. The summed E-state index contributed by atoms with van der Waals surface area (Å²) in [5, 5.41) is 5.08. The summed E-state index contributed by atoms with van der Waals surface area (Å²) >= 11 is 4.52.